The molecule has 0 spiro atoms. The van der Waals surface area contributed by atoms with Gasteiger partial charge in [0.05, 0.1) is 0 Å². The van der Waals surface area contributed by atoms with E-state index in [1.165, 1.54) is 12.5 Å². The summed E-state index contributed by atoms with van der Waals surface area (Å²) in [5, 5.41) is 11.9. The summed E-state index contributed by atoms with van der Waals surface area (Å²) < 4.78 is 39.3. The molecule has 1 N–H and O–H groups in total. The summed E-state index contributed by atoms with van der Waals surface area (Å²) in [4.78, 5) is 0. The van der Waals surface area contributed by atoms with E-state index in [2.05, 4.69) is 5.32 Å². The fraction of sp³-hybridized carbons (Fsp3) is 0.500. The van der Waals surface area contributed by atoms with Crippen LogP contribution in [0.25, 0.3) is 0 Å². The van der Waals surface area contributed by atoms with Crippen LogP contribution in [0.5, 0.6) is 0 Å². The molecule has 0 aliphatic heterocycles. The SMILES string of the molecule is N#Cc1ccc(NC2CCCC([AsH2])C2)cc1C(F)(F)F. The van der Waals surface area contributed by atoms with E-state index in [1.807, 2.05) is 0 Å². The van der Waals surface area contributed by atoms with Gasteiger partial charge in [0.1, 0.15) is 0 Å². The Labute approximate surface area is 124 Å². The predicted octanol–water partition coefficient (Wildman–Crippen LogP) is 3.35. The molecule has 3 atom stereocenters. The molecule has 1 fully saturated rings. The number of nitriles is 1. The summed E-state index contributed by atoms with van der Waals surface area (Å²) in [6.45, 7) is 0. The van der Waals surface area contributed by atoms with E-state index in [1.54, 1.807) is 29.0 Å². The number of alkyl halides is 3. The van der Waals surface area contributed by atoms with Gasteiger partial charge in [-0.2, -0.15) is 0 Å². The van der Waals surface area contributed by atoms with Crippen LogP contribution in [0, 0.1) is 11.3 Å². The van der Waals surface area contributed by atoms with Gasteiger partial charge in [0.15, 0.2) is 0 Å². The number of halogens is 3. The number of benzene rings is 1. The quantitative estimate of drug-likeness (QED) is 0.836. The Morgan fingerprint density at radius 2 is 2.05 bits per heavy atom. The zero-order valence-corrected chi connectivity index (χ0v) is 13.3. The molecule has 0 amide bonds. The molecule has 0 saturated heterocycles. The van der Waals surface area contributed by atoms with Gasteiger partial charge in [0.2, 0.25) is 0 Å². The van der Waals surface area contributed by atoms with Crippen molar-refractivity contribution >= 4 is 22.5 Å². The van der Waals surface area contributed by atoms with Crippen molar-refractivity contribution in [2.45, 2.75) is 42.6 Å². The van der Waals surface area contributed by atoms with E-state index in [-0.39, 0.29) is 11.6 Å². The van der Waals surface area contributed by atoms with Crippen molar-refractivity contribution in [1.29, 1.82) is 5.26 Å². The van der Waals surface area contributed by atoms with Crippen LogP contribution in [-0.2, 0) is 6.18 Å². The Hall–Kier alpha value is -1.14. The van der Waals surface area contributed by atoms with Crippen molar-refractivity contribution < 1.29 is 13.2 Å². The average Bonchev–Trinajstić information content (AvgIpc) is 2.37. The molecule has 1 aliphatic carbocycles. The van der Waals surface area contributed by atoms with Crippen molar-refractivity contribution in [2.24, 2.45) is 0 Å². The van der Waals surface area contributed by atoms with Crippen molar-refractivity contribution in [1.82, 2.24) is 0 Å². The van der Waals surface area contributed by atoms with Crippen LogP contribution < -0.4 is 5.32 Å². The topological polar surface area (TPSA) is 35.8 Å². The van der Waals surface area contributed by atoms with E-state index in [0.717, 1.165) is 25.3 Å². The molecule has 1 aromatic carbocycles. The van der Waals surface area contributed by atoms with Crippen LogP contribution in [-0.4, -0.2) is 22.9 Å². The second-order valence-electron chi connectivity index (χ2n) is 5.14. The Bertz CT molecular complexity index is 522. The number of rotatable bonds is 2. The zero-order chi connectivity index (χ0) is 14.8. The van der Waals surface area contributed by atoms with Gasteiger partial charge in [-0.05, 0) is 0 Å². The molecule has 20 heavy (non-hydrogen) atoms. The number of anilines is 1. The first-order chi connectivity index (χ1) is 9.40. The number of nitrogens with zero attached hydrogens (tertiary/aromatic N) is 1. The van der Waals surface area contributed by atoms with Gasteiger partial charge < -0.3 is 0 Å². The summed E-state index contributed by atoms with van der Waals surface area (Å²) in [6.07, 6.45) is -0.183. The number of hydrogen-bond acceptors (Lipinski definition) is 2. The summed E-state index contributed by atoms with van der Waals surface area (Å²) in [5.41, 5.74) is -0.746. The third-order valence-electron chi connectivity index (χ3n) is 3.53. The van der Waals surface area contributed by atoms with E-state index in [4.69, 9.17) is 5.26 Å². The first kappa shape index (κ1) is 15.3. The van der Waals surface area contributed by atoms with E-state index < -0.39 is 11.7 Å². The van der Waals surface area contributed by atoms with Crippen LogP contribution in [0.4, 0.5) is 18.9 Å². The van der Waals surface area contributed by atoms with Crippen LogP contribution >= 0.6 is 0 Å². The molecule has 1 saturated carbocycles. The molecule has 6 heteroatoms. The van der Waals surface area contributed by atoms with Crippen molar-refractivity contribution in [3.05, 3.63) is 29.3 Å². The van der Waals surface area contributed by atoms with Gasteiger partial charge in [0.25, 0.3) is 0 Å². The normalized spacial score (nSPS) is 23.1. The molecule has 1 aromatic rings. The molecule has 0 radical (unpaired) electrons. The Balaban J connectivity index is 2.19. The predicted molar refractivity (Wildman–Crippen MR) is 74.3 cm³/mol. The van der Waals surface area contributed by atoms with Gasteiger partial charge >= 0.3 is 124 Å². The number of nitrogens with one attached hydrogen (secondary N) is 1. The standard InChI is InChI=1S/C14H16AsF3N2/c15-10-2-1-3-11(6-10)20-12-5-4-9(8-19)13(7-12)14(16,17)18/h4-5,7,10-11,20H,1-3,6,15H2. The van der Waals surface area contributed by atoms with Crippen molar-refractivity contribution in [2.75, 3.05) is 5.32 Å². The van der Waals surface area contributed by atoms with Crippen molar-refractivity contribution in [3.8, 4) is 6.07 Å². The maximum atomic E-state index is 12.9. The van der Waals surface area contributed by atoms with E-state index >= 15 is 0 Å². The molecule has 0 aromatic heterocycles. The molecule has 0 bridgehead atoms. The second kappa shape index (κ2) is 6.09. The first-order valence-electron chi connectivity index (χ1n) is 6.53. The van der Waals surface area contributed by atoms with Gasteiger partial charge in [-0.3, -0.25) is 0 Å². The molecular formula is C14H16AsF3N2. The molecule has 108 valence electrons. The fourth-order valence-electron chi connectivity index (χ4n) is 2.56. The zero-order valence-electron chi connectivity index (χ0n) is 10.9. The Morgan fingerprint density at radius 1 is 1.30 bits per heavy atom. The van der Waals surface area contributed by atoms with E-state index in [0.29, 0.717) is 10.4 Å². The molecule has 0 heterocycles. The van der Waals surface area contributed by atoms with Gasteiger partial charge in [0, 0.05) is 0 Å². The summed E-state index contributed by atoms with van der Waals surface area (Å²) in [5.74, 6) is 0. The maximum absolute atomic E-state index is 12.9. The Morgan fingerprint density at radius 3 is 2.65 bits per heavy atom. The van der Waals surface area contributed by atoms with Crippen LogP contribution in [0.15, 0.2) is 18.2 Å². The van der Waals surface area contributed by atoms with Crippen molar-refractivity contribution in [3.63, 3.8) is 0 Å². The molecule has 2 nitrogen and oxygen atoms in total. The molecule has 3 unspecified atom stereocenters. The summed E-state index contributed by atoms with van der Waals surface area (Å²) in [6, 6.07) is 5.66. The molecular weight excluding hydrogens is 328 g/mol. The van der Waals surface area contributed by atoms with Gasteiger partial charge in [-0.25, -0.2) is 0 Å². The van der Waals surface area contributed by atoms with Gasteiger partial charge in [-0.1, -0.05) is 0 Å². The monoisotopic (exact) mass is 344 g/mol. The van der Waals surface area contributed by atoms with Crippen LogP contribution in [0.2, 0.25) is 4.71 Å². The molecule has 2 rings (SSSR count). The Kier molecular flexibility index (Phi) is 4.65. The van der Waals surface area contributed by atoms with Gasteiger partial charge in [-0.15, -0.1) is 0 Å². The van der Waals surface area contributed by atoms with E-state index in [9.17, 15) is 13.2 Å². The van der Waals surface area contributed by atoms with Crippen LogP contribution in [0.1, 0.15) is 36.8 Å². The first-order valence-corrected chi connectivity index (χ1v) is 7.93. The third kappa shape index (κ3) is 3.70. The molecule has 1 aliphatic rings. The fourth-order valence-corrected chi connectivity index (χ4v) is 3.74. The summed E-state index contributed by atoms with van der Waals surface area (Å²) >= 11 is 1.70. The average molecular weight is 344 g/mol. The van der Waals surface area contributed by atoms with Crippen LogP contribution in [0.3, 0.4) is 0 Å². The number of hydrogen-bond donors (Lipinski definition) is 1. The second-order valence-corrected chi connectivity index (χ2v) is 7.12. The minimum atomic E-state index is -4.49. The third-order valence-corrected chi connectivity index (χ3v) is 4.80. The summed E-state index contributed by atoms with van der Waals surface area (Å²) in [7, 11) is 0. The minimum absolute atomic E-state index is 0.231.